The first-order valence-electron chi connectivity index (χ1n) is 7.34. The summed E-state index contributed by atoms with van der Waals surface area (Å²) < 4.78 is 38.7. The fourth-order valence-electron chi connectivity index (χ4n) is 2.55. The molecule has 1 heterocycles. The lowest BCUT2D eigenvalue weighted by Gasteiger charge is -2.43. The molecule has 9 heteroatoms. The van der Waals surface area contributed by atoms with E-state index in [4.69, 9.17) is 23.3 Å². The standard InChI is InChI=1S/C14H25O8P/c1-8-9(2)20-12(7-23(17,18-5)19-6)14(22-11(4)16)13(8)21-10(3)15/h8-9,12-14H,7H2,1-6H3/t8-,9+,12+,13-,14-/m1/s1. The second kappa shape index (κ2) is 8.24. The van der Waals surface area contributed by atoms with Gasteiger partial charge >= 0.3 is 19.5 Å². The molecule has 0 aromatic heterocycles. The van der Waals surface area contributed by atoms with Crippen molar-refractivity contribution in [1.29, 1.82) is 0 Å². The summed E-state index contributed by atoms with van der Waals surface area (Å²) in [7, 11) is -0.859. The molecule has 0 aliphatic carbocycles. The average molecular weight is 352 g/mol. The molecule has 0 aromatic carbocycles. The van der Waals surface area contributed by atoms with E-state index < -0.39 is 37.8 Å². The maximum atomic E-state index is 12.4. The van der Waals surface area contributed by atoms with Crippen LogP contribution in [-0.4, -0.2) is 56.7 Å². The molecule has 0 unspecified atom stereocenters. The predicted molar refractivity (Wildman–Crippen MR) is 81.1 cm³/mol. The summed E-state index contributed by atoms with van der Waals surface area (Å²) in [5.74, 6) is -1.25. The highest BCUT2D eigenvalue weighted by Crippen LogP contribution is 2.49. The van der Waals surface area contributed by atoms with Crippen molar-refractivity contribution >= 4 is 19.5 Å². The van der Waals surface area contributed by atoms with Gasteiger partial charge in [0, 0.05) is 34.0 Å². The van der Waals surface area contributed by atoms with Crippen LogP contribution in [0.2, 0.25) is 0 Å². The van der Waals surface area contributed by atoms with E-state index in [1.54, 1.807) is 0 Å². The van der Waals surface area contributed by atoms with Gasteiger partial charge in [0.05, 0.1) is 12.3 Å². The Morgan fingerprint density at radius 1 is 1.00 bits per heavy atom. The average Bonchev–Trinajstić information content (AvgIpc) is 2.47. The van der Waals surface area contributed by atoms with Gasteiger partial charge in [-0.05, 0) is 6.92 Å². The van der Waals surface area contributed by atoms with Crippen molar-refractivity contribution in [3.63, 3.8) is 0 Å². The first-order valence-corrected chi connectivity index (χ1v) is 9.06. The van der Waals surface area contributed by atoms with Crippen LogP contribution in [0.25, 0.3) is 0 Å². The molecule has 0 bridgehead atoms. The van der Waals surface area contributed by atoms with Gasteiger partial charge in [-0.1, -0.05) is 6.92 Å². The van der Waals surface area contributed by atoms with Crippen LogP contribution in [-0.2, 0) is 37.4 Å². The van der Waals surface area contributed by atoms with Gasteiger partial charge in [0.1, 0.15) is 12.2 Å². The highest BCUT2D eigenvalue weighted by Gasteiger charge is 2.48. The van der Waals surface area contributed by atoms with Crippen LogP contribution in [0.1, 0.15) is 27.7 Å². The van der Waals surface area contributed by atoms with Crippen LogP contribution in [0.5, 0.6) is 0 Å². The molecule has 0 radical (unpaired) electrons. The molecule has 1 saturated heterocycles. The molecule has 1 fully saturated rings. The highest BCUT2D eigenvalue weighted by atomic mass is 31.2. The highest BCUT2D eigenvalue weighted by molar-refractivity contribution is 7.53. The lowest BCUT2D eigenvalue weighted by molar-refractivity contribution is -0.216. The first kappa shape index (κ1) is 20.1. The number of hydrogen-bond donors (Lipinski definition) is 0. The second-order valence-corrected chi connectivity index (χ2v) is 7.86. The minimum absolute atomic E-state index is 0.118. The zero-order valence-corrected chi connectivity index (χ0v) is 15.2. The van der Waals surface area contributed by atoms with Gasteiger partial charge in [-0.2, -0.15) is 0 Å². The number of rotatable bonds is 6. The summed E-state index contributed by atoms with van der Waals surface area (Å²) in [5, 5.41) is 0. The topological polar surface area (TPSA) is 97.4 Å². The largest absolute Gasteiger partial charge is 0.458 e. The Morgan fingerprint density at radius 2 is 1.48 bits per heavy atom. The summed E-state index contributed by atoms with van der Waals surface area (Å²) in [6, 6.07) is 0. The van der Waals surface area contributed by atoms with Crippen LogP contribution < -0.4 is 0 Å². The van der Waals surface area contributed by atoms with Crippen molar-refractivity contribution < 1.29 is 37.4 Å². The Balaban J connectivity index is 3.10. The van der Waals surface area contributed by atoms with Gasteiger partial charge in [-0.3, -0.25) is 14.2 Å². The van der Waals surface area contributed by atoms with E-state index in [2.05, 4.69) is 0 Å². The fraction of sp³-hybridized carbons (Fsp3) is 0.857. The van der Waals surface area contributed by atoms with Gasteiger partial charge < -0.3 is 23.3 Å². The van der Waals surface area contributed by atoms with Crippen molar-refractivity contribution in [3.05, 3.63) is 0 Å². The van der Waals surface area contributed by atoms with E-state index in [0.29, 0.717) is 0 Å². The van der Waals surface area contributed by atoms with Crippen molar-refractivity contribution in [2.45, 2.75) is 52.1 Å². The molecular weight excluding hydrogens is 327 g/mol. The Hall–Kier alpha value is -0.950. The number of hydrogen-bond acceptors (Lipinski definition) is 8. The normalized spacial score (nSPS) is 31.5. The van der Waals surface area contributed by atoms with Crippen LogP contribution in [0.3, 0.4) is 0 Å². The zero-order valence-electron chi connectivity index (χ0n) is 14.3. The Bertz CT molecular complexity index is 471. The van der Waals surface area contributed by atoms with Crippen molar-refractivity contribution in [3.8, 4) is 0 Å². The van der Waals surface area contributed by atoms with Crippen molar-refractivity contribution in [1.82, 2.24) is 0 Å². The number of esters is 2. The smallest absolute Gasteiger partial charge is 0.332 e. The maximum Gasteiger partial charge on any atom is 0.332 e. The summed E-state index contributed by atoms with van der Waals surface area (Å²) in [4.78, 5) is 22.8. The maximum absolute atomic E-state index is 12.4. The van der Waals surface area contributed by atoms with E-state index >= 15 is 0 Å². The molecule has 0 N–H and O–H groups in total. The van der Waals surface area contributed by atoms with Crippen molar-refractivity contribution in [2.75, 3.05) is 20.4 Å². The first-order chi connectivity index (χ1) is 10.6. The minimum Gasteiger partial charge on any atom is -0.458 e. The third-order valence-electron chi connectivity index (χ3n) is 3.90. The van der Waals surface area contributed by atoms with Gasteiger partial charge in [0.2, 0.25) is 0 Å². The van der Waals surface area contributed by atoms with E-state index in [9.17, 15) is 14.2 Å². The summed E-state index contributed by atoms with van der Waals surface area (Å²) in [6.45, 7) is 6.17. The zero-order chi connectivity index (χ0) is 17.8. The molecule has 0 saturated carbocycles. The lowest BCUT2D eigenvalue weighted by Crippen LogP contribution is -2.56. The van der Waals surface area contributed by atoms with E-state index in [-0.39, 0.29) is 18.2 Å². The third kappa shape index (κ3) is 5.28. The fourth-order valence-corrected chi connectivity index (χ4v) is 3.73. The van der Waals surface area contributed by atoms with Gasteiger partial charge in [0.15, 0.2) is 6.10 Å². The molecule has 8 nitrogen and oxygen atoms in total. The van der Waals surface area contributed by atoms with Gasteiger partial charge in [0.25, 0.3) is 0 Å². The minimum atomic E-state index is -3.39. The van der Waals surface area contributed by atoms with Gasteiger partial charge in [-0.25, -0.2) is 0 Å². The molecular formula is C14H25O8P. The number of ether oxygens (including phenoxy) is 3. The molecule has 23 heavy (non-hydrogen) atoms. The van der Waals surface area contributed by atoms with Gasteiger partial charge in [-0.15, -0.1) is 0 Å². The van der Waals surface area contributed by atoms with Crippen LogP contribution >= 0.6 is 7.60 Å². The SMILES string of the molecule is COP(=O)(C[C@@H]1O[C@@H](C)[C@@H](C)[C@@H](OC(C)=O)[C@@H]1OC(C)=O)OC. The third-order valence-corrected chi connectivity index (χ3v) is 5.82. The van der Waals surface area contributed by atoms with Crippen LogP contribution in [0.4, 0.5) is 0 Å². The molecule has 0 spiro atoms. The van der Waals surface area contributed by atoms with Crippen LogP contribution in [0, 0.1) is 5.92 Å². The molecule has 1 aliphatic heterocycles. The van der Waals surface area contributed by atoms with E-state index in [1.807, 2.05) is 13.8 Å². The molecule has 1 rings (SSSR count). The monoisotopic (exact) mass is 352 g/mol. The predicted octanol–water partition coefficient (Wildman–Crippen LogP) is 1.76. The number of carbonyl (C=O) groups excluding carboxylic acids is 2. The Kier molecular flexibility index (Phi) is 7.20. The van der Waals surface area contributed by atoms with E-state index in [0.717, 1.165) is 0 Å². The molecule has 0 amide bonds. The summed E-state index contributed by atoms with van der Waals surface area (Å²) in [5.41, 5.74) is 0. The summed E-state index contributed by atoms with van der Waals surface area (Å²) >= 11 is 0. The number of carbonyl (C=O) groups is 2. The molecule has 1 aliphatic rings. The quantitative estimate of drug-likeness (QED) is 0.527. The van der Waals surface area contributed by atoms with Crippen molar-refractivity contribution in [2.24, 2.45) is 5.92 Å². The second-order valence-electron chi connectivity index (χ2n) is 5.55. The molecule has 134 valence electrons. The molecule has 0 aromatic rings. The summed E-state index contributed by atoms with van der Waals surface area (Å²) in [6.07, 6.45) is -2.78. The Morgan fingerprint density at radius 3 is 1.91 bits per heavy atom. The Labute approximate surface area is 136 Å². The lowest BCUT2D eigenvalue weighted by atomic mass is 9.89. The molecule has 5 atom stereocenters. The van der Waals surface area contributed by atoms with Crippen LogP contribution in [0.15, 0.2) is 0 Å². The van der Waals surface area contributed by atoms with E-state index in [1.165, 1.54) is 28.1 Å².